The Morgan fingerprint density at radius 2 is 1.90 bits per heavy atom. The zero-order chi connectivity index (χ0) is 14.1. The number of nitrogens with zero attached hydrogens (tertiary/aromatic N) is 2. The minimum Gasteiger partial charge on any atom is -0.478 e. The highest BCUT2D eigenvalue weighted by Gasteiger charge is 2.06. The van der Waals surface area contributed by atoms with E-state index < -0.39 is 5.97 Å². The lowest BCUT2D eigenvalue weighted by atomic mass is 10.0. The lowest BCUT2D eigenvalue weighted by Gasteiger charge is -2.03. The molecule has 20 heavy (non-hydrogen) atoms. The average Bonchev–Trinajstić information content (AvgIpc) is 2.95. The van der Waals surface area contributed by atoms with Crippen molar-refractivity contribution in [2.75, 3.05) is 0 Å². The standard InChI is InChI=1S/C16H14N2O2/c1-2-18-10-15(9-17-18)13-4-3-12-8-14(16(19)20)6-5-11(12)7-13/h3-10H,2H2,1H3,(H,19,20). The Balaban J connectivity index is 2.06. The van der Waals surface area contributed by atoms with Gasteiger partial charge in [0.1, 0.15) is 0 Å². The van der Waals surface area contributed by atoms with Gasteiger partial charge in [-0.15, -0.1) is 0 Å². The third kappa shape index (κ3) is 2.16. The molecule has 3 rings (SSSR count). The quantitative estimate of drug-likeness (QED) is 0.790. The van der Waals surface area contributed by atoms with Gasteiger partial charge in [-0.25, -0.2) is 4.79 Å². The van der Waals surface area contributed by atoms with Gasteiger partial charge in [-0.1, -0.05) is 18.2 Å². The van der Waals surface area contributed by atoms with E-state index in [0.717, 1.165) is 28.4 Å². The van der Waals surface area contributed by atoms with Crippen LogP contribution in [0, 0.1) is 0 Å². The van der Waals surface area contributed by atoms with Gasteiger partial charge >= 0.3 is 5.97 Å². The van der Waals surface area contributed by atoms with Crippen LogP contribution >= 0.6 is 0 Å². The molecule has 0 amide bonds. The number of aromatic nitrogens is 2. The van der Waals surface area contributed by atoms with Gasteiger partial charge in [-0.05, 0) is 41.5 Å². The first-order chi connectivity index (χ1) is 9.67. The molecule has 1 aromatic heterocycles. The van der Waals surface area contributed by atoms with Gasteiger partial charge in [0, 0.05) is 18.3 Å². The Bertz CT molecular complexity index is 790. The summed E-state index contributed by atoms with van der Waals surface area (Å²) in [4.78, 5) is 11.0. The highest BCUT2D eigenvalue weighted by molar-refractivity contribution is 5.95. The summed E-state index contributed by atoms with van der Waals surface area (Å²) in [5.74, 6) is -0.903. The first-order valence-electron chi connectivity index (χ1n) is 6.47. The third-order valence-corrected chi connectivity index (χ3v) is 3.38. The second-order valence-corrected chi connectivity index (χ2v) is 4.67. The number of carbonyl (C=O) groups is 1. The van der Waals surface area contributed by atoms with E-state index in [9.17, 15) is 4.79 Å². The normalized spacial score (nSPS) is 10.8. The molecule has 0 saturated heterocycles. The van der Waals surface area contributed by atoms with Gasteiger partial charge < -0.3 is 5.11 Å². The maximum Gasteiger partial charge on any atom is 0.335 e. The predicted octanol–water partition coefficient (Wildman–Crippen LogP) is 3.42. The summed E-state index contributed by atoms with van der Waals surface area (Å²) in [7, 11) is 0. The molecule has 4 heteroatoms. The number of aromatic carboxylic acids is 1. The lowest BCUT2D eigenvalue weighted by molar-refractivity contribution is 0.0697. The fourth-order valence-corrected chi connectivity index (χ4v) is 2.24. The Labute approximate surface area is 116 Å². The number of carboxylic acid groups (broad SMARTS) is 1. The van der Waals surface area contributed by atoms with Crippen molar-refractivity contribution in [1.82, 2.24) is 9.78 Å². The Morgan fingerprint density at radius 3 is 2.60 bits per heavy atom. The molecular formula is C16H14N2O2. The summed E-state index contributed by atoms with van der Waals surface area (Å²) in [6.07, 6.45) is 3.85. The minimum absolute atomic E-state index is 0.309. The number of hydrogen-bond donors (Lipinski definition) is 1. The molecule has 0 unspecified atom stereocenters. The highest BCUT2D eigenvalue weighted by atomic mass is 16.4. The van der Waals surface area contributed by atoms with Gasteiger partial charge in [0.2, 0.25) is 0 Å². The van der Waals surface area contributed by atoms with Crippen molar-refractivity contribution in [2.45, 2.75) is 13.5 Å². The largest absolute Gasteiger partial charge is 0.478 e. The summed E-state index contributed by atoms with van der Waals surface area (Å²) >= 11 is 0. The lowest BCUT2D eigenvalue weighted by Crippen LogP contribution is -1.95. The van der Waals surface area contributed by atoms with Crippen LogP contribution in [-0.2, 0) is 6.54 Å². The van der Waals surface area contributed by atoms with Crippen LogP contribution < -0.4 is 0 Å². The van der Waals surface area contributed by atoms with Crippen LogP contribution in [0.3, 0.4) is 0 Å². The van der Waals surface area contributed by atoms with E-state index in [4.69, 9.17) is 5.11 Å². The van der Waals surface area contributed by atoms with Gasteiger partial charge in [-0.2, -0.15) is 5.10 Å². The van der Waals surface area contributed by atoms with Gasteiger partial charge in [-0.3, -0.25) is 4.68 Å². The number of rotatable bonds is 3. The number of hydrogen-bond acceptors (Lipinski definition) is 2. The van der Waals surface area contributed by atoms with Crippen LogP contribution in [0.1, 0.15) is 17.3 Å². The van der Waals surface area contributed by atoms with Gasteiger partial charge in [0.05, 0.1) is 11.8 Å². The van der Waals surface area contributed by atoms with Crippen molar-refractivity contribution in [3.05, 3.63) is 54.4 Å². The first-order valence-corrected chi connectivity index (χ1v) is 6.47. The predicted molar refractivity (Wildman–Crippen MR) is 77.8 cm³/mol. The van der Waals surface area contributed by atoms with E-state index in [0.29, 0.717) is 5.56 Å². The van der Waals surface area contributed by atoms with E-state index in [1.807, 2.05) is 42.2 Å². The molecule has 0 bridgehead atoms. The van der Waals surface area contributed by atoms with Crippen molar-refractivity contribution in [3.8, 4) is 11.1 Å². The van der Waals surface area contributed by atoms with Crippen molar-refractivity contribution in [1.29, 1.82) is 0 Å². The molecule has 1 N–H and O–H groups in total. The first kappa shape index (κ1) is 12.4. The molecule has 0 spiro atoms. The van der Waals surface area contributed by atoms with E-state index in [1.54, 1.807) is 12.1 Å². The smallest absolute Gasteiger partial charge is 0.335 e. The summed E-state index contributed by atoms with van der Waals surface area (Å²) < 4.78 is 1.88. The summed E-state index contributed by atoms with van der Waals surface area (Å²) in [5, 5.41) is 15.2. The van der Waals surface area contributed by atoms with Crippen LogP contribution in [0.5, 0.6) is 0 Å². The van der Waals surface area contributed by atoms with Crippen LogP contribution in [0.2, 0.25) is 0 Å². The zero-order valence-corrected chi connectivity index (χ0v) is 11.1. The molecule has 4 nitrogen and oxygen atoms in total. The monoisotopic (exact) mass is 266 g/mol. The van der Waals surface area contributed by atoms with Gasteiger partial charge in [0.25, 0.3) is 0 Å². The summed E-state index contributed by atoms with van der Waals surface area (Å²) in [6, 6.07) is 11.1. The van der Waals surface area contributed by atoms with Crippen LogP contribution in [-0.4, -0.2) is 20.9 Å². The van der Waals surface area contributed by atoms with E-state index in [-0.39, 0.29) is 0 Å². The number of aryl methyl sites for hydroxylation is 1. The molecule has 0 aliphatic heterocycles. The number of fused-ring (bicyclic) bond motifs is 1. The van der Waals surface area contributed by atoms with Gasteiger partial charge in [0.15, 0.2) is 0 Å². The van der Waals surface area contributed by atoms with Crippen molar-refractivity contribution >= 4 is 16.7 Å². The summed E-state index contributed by atoms with van der Waals surface area (Å²) in [6.45, 7) is 2.89. The number of carboxylic acids is 1. The molecule has 0 atom stereocenters. The van der Waals surface area contributed by atoms with Crippen molar-refractivity contribution < 1.29 is 9.90 Å². The van der Waals surface area contributed by atoms with E-state index in [2.05, 4.69) is 11.2 Å². The molecule has 100 valence electrons. The topological polar surface area (TPSA) is 55.1 Å². The Hall–Kier alpha value is -2.62. The van der Waals surface area contributed by atoms with Crippen LogP contribution in [0.15, 0.2) is 48.8 Å². The van der Waals surface area contributed by atoms with Crippen molar-refractivity contribution in [2.24, 2.45) is 0 Å². The van der Waals surface area contributed by atoms with Crippen LogP contribution in [0.25, 0.3) is 21.9 Å². The van der Waals surface area contributed by atoms with Crippen molar-refractivity contribution in [3.63, 3.8) is 0 Å². The Kier molecular flexibility index (Phi) is 2.99. The fraction of sp³-hybridized carbons (Fsp3) is 0.125. The van der Waals surface area contributed by atoms with E-state index >= 15 is 0 Å². The molecule has 3 aromatic rings. The molecule has 0 aliphatic carbocycles. The maximum absolute atomic E-state index is 11.0. The molecule has 0 aliphatic rings. The second kappa shape index (κ2) is 4.81. The van der Waals surface area contributed by atoms with E-state index in [1.165, 1.54) is 0 Å². The highest BCUT2D eigenvalue weighted by Crippen LogP contribution is 2.25. The molecule has 2 aromatic carbocycles. The maximum atomic E-state index is 11.0. The fourth-order valence-electron chi connectivity index (χ4n) is 2.24. The average molecular weight is 266 g/mol. The molecule has 1 heterocycles. The summed E-state index contributed by atoms with van der Waals surface area (Å²) in [5.41, 5.74) is 2.46. The molecule has 0 fully saturated rings. The molecule has 0 saturated carbocycles. The number of benzene rings is 2. The third-order valence-electron chi connectivity index (χ3n) is 3.38. The Morgan fingerprint density at radius 1 is 1.15 bits per heavy atom. The molecular weight excluding hydrogens is 252 g/mol. The second-order valence-electron chi connectivity index (χ2n) is 4.67. The van der Waals surface area contributed by atoms with Crippen LogP contribution in [0.4, 0.5) is 0 Å². The molecule has 0 radical (unpaired) electrons. The minimum atomic E-state index is -0.903. The zero-order valence-electron chi connectivity index (χ0n) is 11.1. The SMILES string of the molecule is CCn1cc(-c2ccc3cc(C(=O)O)ccc3c2)cn1.